The Balaban J connectivity index is 1.28. The number of amides is 2. The number of carbonyl (C=O) groups is 3. The van der Waals surface area contributed by atoms with E-state index in [4.69, 9.17) is 9.84 Å². The molecule has 3 N–H and O–H groups in total. The largest absolute Gasteiger partial charge is 0.478 e. The summed E-state index contributed by atoms with van der Waals surface area (Å²) in [7, 11) is 0. The fourth-order valence-electron chi connectivity index (χ4n) is 5.01. The fraction of sp³-hybridized carbons (Fsp3) is 0.370. The Hall–Kier alpha value is -3.61. The maximum Gasteiger partial charge on any atom is 0.407 e. The first-order valence-electron chi connectivity index (χ1n) is 11.7. The minimum atomic E-state index is -1.000. The highest BCUT2D eigenvalue weighted by molar-refractivity contribution is 5.86. The highest BCUT2D eigenvalue weighted by Gasteiger charge is 2.33. The molecule has 2 aromatic rings. The first-order valence-corrected chi connectivity index (χ1v) is 11.7. The smallest absolute Gasteiger partial charge is 0.407 e. The predicted molar refractivity (Wildman–Crippen MR) is 128 cm³/mol. The summed E-state index contributed by atoms with van der Waals surface area (Å²) in [4.78, 5) is 35.9. The summed E-state index contributed by atoms with van der Waals surface area (Å²) in [6.45, 7) is 2.30. The van der Waals surface area contributed by atoms with Gasteiger partial charge in [0.1, 0.15) is 6.61 Å². The molecule has 0 bridgehead atoms. The third kappa shape index (κ3) is 5.14. The van der Waals surface area contributed by atoms with Crippen LogP contribution in [0.2, 0.25) is 0 Å². The van der Waals surface area contributed by atoms with E-state index in [1.807, 2.05) is 24.3 Å². The molecule has 0 spiro atoms. The summed E-state index contributed by atoms with van der Waals surface area (Å²) in [5.41, 5.74) is 4.88. The molecule has 2 aromatic carbocycles. The standard InChI is InChI=1S/C27H30N2O5/c1-17(26(31)32)13-14-28-25(30)19-12-6-7-18(19)15-29-27(33)34-16-24-22-10-4-2-8-20(22)21-9-3-5-11-23(21)24/h2-5,8-11,13,18-19,24H,6-7,12,14-16H2,1H3,(H,28,30)(H,29,33)(H,31,32)/b17-13+/t18-,19-/m0/s1. The van der Waals surface area contributed by atoms with Crippen LogP contribution in [0.15, 0.2) is 60.2 Å². The number of nitrogens with one attached hydrogen (secondary N) is 2. The Morgan fingerprint density at radius 1 is 1.00 bits per heavy atom. The zero-order chi connectivity index (χ0) is 24.1. The van der Waals surface area contributed by atoms with Gasteiger partial charge in [-0.15, -0.1) is 0 Å². The summed E-state index contributed by atoms with van der Waals surface area (Å²) in [5.74, 6) is -1.27. The van der Waals surface area contributed by atoms with E-state index in [2.05, 4.69) is 34.9 Å². The molecular formula is C27H30N2O5. The van der Waals surface area contributed by atoms with Crippen molar-refractivity contribution in [3.05, 3.63) is 71.3 Å². The lowest BCUT2D eigenvalue weighted by atomic mass is 9.95. The van der Waals surface area contributed by atoms with Crippen LogP contribution in [0.4, 0.5) is 4.79 Å². The van der Waals surface area contributed by atoms with Gasteiger partial charge in [-0.05, 0) is 47.9 Å². The van der Waals surface area contributed by atoms with Crippen LogP contribution in [0.25, 0.3) is 11.1 Å². The highest BCUT2D eigenvalue weighted by atomic mass is 16.5. The Kier molecular flexibility index (Phi) is 7.30. The van der Waals surface area contributed by atoms with E-state index >= 15 is 0 Å². The van der Waals surface area contributed by atoms with E-state index < -0.39 is 12.1 Å². The van der Waals surface area contributed by atoms with E-state index in [0.29, 0.717) is 6.54 Å². The van der Waals surface area contributed by atoms with E-state index in [0.717, 1.165) is 30.4 Å². The van der Waals surface area contributed by atoms with Crippen molar-refractivity contribution in [2.75, 3.05) is 19.7 Å². The van der Waals surface area contributed by atoms with Crippen molar-refractivity contribution in [3.8, 4) is 11.1 Å². The molecule has 7 heteroatoms. The Labute approximate surface area is 199 Å². The summed E-state index contributed by atoms with van der Waals surface area (Å²) >= 11 is 0. The summed E-state index contributed by atoms with van der Waals surface area (Å²) in [5, 5.41) is 14.5. The zero-order valence-electron chi connectivity index (χ0n) is 19.3. The van der Waals surface area contributed by atoms with Gasteiger partial charge in [0, 0.05) is 30.5 Å². The second kappa shape index (κ2) is 10.5. The second-order valence-corrected chi connectivity index (χ2v) is 8.94. The molecule has 1 fully saturated rings. The monoisotopic (exact) mass is 462 g/mol. The van der Waals surface area contributed by atoms with Crippen molar-refractivity contribution in [2.45, 2.75) is 32.1 Å². The van der Waals surface area contributed by atoms with Crippen LogP contribution < -0.4 is 10.6 Å². The molecule has 7 nitrogen and oxygen atoms in total. The maximum atomic E-state index is 12.6. The lowest BCUT2D eigenvalue weighted by Crippen LogP contribution is -2.38. The van der Waals surface area contributed by atoms with Crippen molar-refractivity contribution in [1.29, 1.82) is 0 Å². The predicted octanol–water partition coefficient (Wildman–Crippen LogP) is 4.09. The van der Waals surface area contributed by atoms with E-state index in [9.17, 15) is 14.4 Å². The van der Waals surface area contributed by atoms with Gasteiger partial charge in [0.15, 0.2) is 0 Å². The lowest BCUT2D eigenvalue weighted by molar-refractivity contribution is -0.132. The molecule has 178 valence electrons. The molecule has 0 radical (unpaired) electrons. The first-order chi connectivity index (χ1) is 16.5. The lowest BCUT2D eigenvalue weighted by Gasteiger charge is -2.20. The molecule has 34 heavy (non-hydrogen) atoms. The molecule has 0 saturated heterocycles. The molecule has 0 aromatic heterocycles. The quantitative estimate of drug-likeness (QED) is 0.513. The number of aliphatic carboxylic acids is 1. The maximum absolute atomic E-state index is 12.6. The van der Waals surface area contributed by atoms with Crippen molar-refractivity contribution in [2.24, 2.45) is 11.8 Å². The van der Waals surface area contributed by atoms with Crippen molar-refractivity contribution < 1.29 is 24.2 Å². The Morgan fingerprint density at radius 3 is 2.29 bits per heavy atom. The Bertz CT molecular complexity index is 1060. The molecule has 2 amide bonds. The van der Waals surface area contributed by atoms with Gasteiger partial charge >= 0.3 is 12.1 Å². The third-order valence-corrected chi connectivity index (χ3v) is 6.87. The second-order valence-electron chi connectivity index (χ2n) is 8.94. The number of carbonyl (C=O) groups excluding carboxylic acids is 2. The van der Waals surface area contributed by atoms with Crippen LogP contribution >= 0.6 is 0 Å². The molecule has 2 aliphatic carbocycles. The van der Waals surface area contributed by atoms with Gasteiger partial charge < -0.3 is 20.5 Å². The number of rotatable bonds is 8. The summed E-state index contributed by atoms with van der Waals surface area (Å²) in [6, 6.07) is 16.4. The Morgan fingerprint density at radius 2 is 1.65 bits per heavy atom. The van der Waals surface area contributed by atoms with Gasteiger partial charge in [-0.2, -0.15) is 0 Å². The summed E-state index contributed by atoms with van der Waals surface area (Å²) < 4.78 is 5.59. The van der Waals surface area contributed by atoms with Gasteiger partial charge in [0.25, 0.3) is 0 Å². The number of carboxylic acid groups (broad SMARTS) is 1. The topological polar surface area (TPSA) is 105 Å². The number of alkyl carbamates (subject to hydrolysis) is 1. The van der Waals surface area contributed by atoms with Crippen LogP contribution in [0.1, 0.15) is 43.2 Å². The van der Waals surface area contributed by atoms with Gasteiger partial charge in [-0.1, -0.05) is 61.0 Å². The van der Waals surface area contributed by atoms with E-state index in [1.165, 1.54) is 24.1 Å². The molecule has 2 atom stereocenters. The van der Waals surface area contributed by atoms with Crippen molar-refractivity contribution in [1.82, 2.24) is 10.6 Å². The van der Waals surface area contributed by atoms with Crippen molar-refractivity contribution in [3.63, 3.8) is 0 Å². The minimum Gasteiger partial charge on any atom is -0.478 e. The molecule has 0 unspecified atom stereocenters. The zero-order valence-corrected chi connectivity index (χ0v) is 19.3. The van der Waals surface area contributed by atoms with Gasteiger partial charge in [-0.3, -0.25) is 4.79 Å². The van der Waals surface area contributed by atoms with Gasteiger partial charge in [0.2, 0.25) is 5.91 Å². The average Bonchev–Trinajstić information content (AvgIpc) is 3.44. The fourth-order valence-corrected chi connectivity index (χ4v) is 5.01. The van der Waals surface area contributed by atoms with E-state index in [1.54, 1.807) is 0 Å². The van der Waals surface area contributed by atoms with Crippen LogP contribution in [-0.2, 0) is 14.3 Å². The molecule has 0 aliphatic heterocycles. The SMILES string of the molecule is C/C(=C\CNC(=O)[C@H]1CCC[C@H]1CNC(=O)OCC1c2ccccc2-c2ccccc21)C(=O)O. The molecule has 0 heterocycles. The normalized spacial score (nSPS) is 19.3. The molecular weight excluding hydrogens is 432 g/mol. The molecule has 1 saturated carbocycles. The van der Waals surface area contributed by atoms with Crippen LogP contribution in [0.5, 0.6) is 0 Å². The van der Waals surface area contributed by atoms with Gasteiger partial charge in [0.05, 0.1) is 0 Å². The van der Waals surface area contributed by atoms with Gasteiger partial charge in [-0.25, -0.2) is 9.59 Å². The number of ether oxygens (including phenoxy) is 1. The van der Waals surface area contributed by atoms with Crippen LogP contribution in [-0.4, -0.2) is 42.8 Å². The molecule has 2 aliphatic rings. The number of fused-ring (bicyclic) bond motifs is 3. The highest BCUT2D eigenvalue weighted by Crippen LogP contribution is 2.44. The van der Waals surface area contributed by atoms with Crippen LogP contribution in [0.3, 0.4) is 0 Å². The minimum absolute atomic E-state index is 0.00507. The number of hydrogen-bond acceptors (Lipinski definition) is 4. The molecule has 4 rings (SSSR count). The average molecular weight is 463 g/mol. The third-order valence-electron chi connectivity index (χ3n) is 6.87. The van der Waals surface area contributed by atoms with Crippen LogP contribution in [0, 0.1) is 11.8 Å². The first kappa shape index (κ1) is 23.5. The van der Waals surface area contributed by atoms with E-state index in [-0.39, 0.29) is 42.4 Å². The number of carboxylic acids is 1. The van der Waals surface area contributed by atoms with Crippen molar-refractivity contribution >= 4 is 18.0 Å². The number of hydrogen-bond donors (Lipinski definition) is 3. The number of benzene rings is 2. The summed E-state index contributed by atoms with van der Waals surface area (Å²) in [6.07, 6.45) is 3.53.